The van der Waals surface area contributed by atoms with Crippen molar-refractivity contribution in [2.45, 2.75) is 25.2 Å². The van der Waals surface area contributed by atoms with Gasteiger partial charge in [0.05, 0.1) is 4.47 Å². The van der Waals surface area contributed by atoms with Crippen molar-refractivity contribution < 1.29 is 8.42 Å². The van der Waals surface area contributed by atoms with E-state index in [2.05, 4.69) is 31.7 Å². The monoisotopic (exact) mass is 402 g/mol. The normalized spacial score (nSPS) is 11.6. The summed E-state index contributed by atoms with van der Waals surface area (Å²) in [4.78, 5) is 3.92. The van der Waals surface area contributed by atoms with E-state index in [4.69, 9.17) is 11.6 Å². The molecule has 0 spiro atoms. The number of nitrogens with zero attached hydrogens (tertiary/aromatic N) is 1. The summed E-state index contributed by atoms with van der Waals surface area (Å²) in [7, 11) is -3.59. The van der Waals surface area contributed by atoms with E-state index in [9.17, 15) is 8.42 Å². The fourth-order valence-corrected chi connectivity index (χ4v) is 3.69. The van der Waals surface area contributed by atoms with Crippen LogP contribution in [-0.4, -0.2) is 19.9 Å². The van der Waals surface area contributed by atoms with Gasteiger partial charge in [0, 0.05) is 12.7 Å². The highest BCUT2D eigenvalue weighted by Gasteiger charge is 2.15. The van der Waals surface area contributed by atoms with Crippen molar-refractivity contribution in [2.75, 3.05) is 6.54 Å². The summed E-state index contributed by atoms with van der Waals surface area (Å²) in [5.74, 6) is 0. The predicted octanol–water partition coefficient (Wildman–Crippen LogP) is 3.64. The topological polar surface area (TPSA) is 59.1 Å². The number of halogens is 2. The summed E-state index contributed by atoms with van der Waals surface area (Å²) in [5.41, 5.74) is 3.48. The Kier molecular flexibility index (Phi) is 5.60. The highest BCUT2D eigenvalue weighted by Crippen LogP contribution is 2.22. The molecule has 0 unspecified atom stereocenters. The zero-order valence-electron chi connectivity index (χ0n) is 12.2. The Balaban J connectivity index is 2.05. The van der Waals surface area contributed by atoms with Gasteiger partial charge in [0.2, 0.25) is 10.0 Å². The van der Waals surface area contributed by atoms with E-state index in [1.54, 1.807) is 0 Å². The fraction of sp³-hybridized carbons (Fsp3) is 0.267. The largest absolute Gasteiger partial charge is 0.242 e. The van der Waals surface area contributed by atoms with Crippen LogP contribution in [0.4, 0.5) is 0 Å². The molecule has 0 amide bonds. The number of aromatic nitrogens is 1. The molecule has 1 N–H and O–H groups in total. The van der Waals surface area contributed by atoms with Gasteiger partial charge in [-0.05, 0) is 53.4 Å². The van der Waals surface area contributed by atoms with E-state index in [-0.39, 0.29) is 10.0 Å². The lowest BCUT2D eigenvalue weighted by molar-refractivity contribution is 0.581. The maximum Gasteiger partial charge on any atom is 0.242 e. The van der Waals surface area contributed by atoms with Gasteiger partial charge in [0.25, 0.3) is 0 Å². The average Bonchev–Trinajstić information content (AvgIpc) is 2.44. The van der Waals surface area contributed by atoms with Gasteiger partial charge in [-0.15, -0.1) is 0 Å². The molecule has 0 saturated heterocycles. The molecule has 0 fully saturated rings. The number of hydrogen-bond donors (Lipinski definition) is 1. The quantitative estimate of drug-likeness (QED) is 0.775. The van der Waals surface area contributed by atoms with Crippen molar-refractivity contribution in [1.29, 1.82) is 0 Å². The standard InChI is InChI=1S/C15H16BrClN2O2S/c1-10-3-4-12(11(2)7-10)5-6-19-22(20,21)13-8-14(16)15(17)18-9-13/h3-4,7-9,19H,5-6H2,1-2H3. The summed E-state index contributed by atoms with van der Waals surface area (Å²) in [6.07, 6.45) is 1.88. The van der Waals surface area contributed by atoms with Gasteiger partial charge >= 0.3 is 0 Å². The van der Waals surface area contributed by atoms with E-state index in [1.165, 1.54) is 17.8 Å². The number of rotatable bonds is 5. The molecule has 0 aliphatic heterocycles. The van der Waals surface area contributed by atoms with Gasteiger partial charge in [-0.3, -0.25) is 0 Å². The average molecular weight is 404 g/mol. The smallest absolute Gasteiger partial charge is 0.242 e. The molecule has 2 aromatic rings. The SMILES string of the molecule is Cc1ccc(CCNS(=O)(=O)c2cnc(Cl)c(Br)c2)c(C)c1. The highest BCUT2D eigenvalue weighted by molar-refractivity contribution is 9.10. The zero-order valence-corrected chi connectivity index (χ0v) is 15.4. The third-order valence-electron chi connectivity index (χ3n) is 3.27. The molecule has 0 atom stereocenters. The van der Waals surface area contributed by atoms with Crippen LogP contribution in [0.3, 0.4) is 0 Å². The third-order valence-corrected chi connectivity index (χ3v) is 5.83. The van der Waals surface area contributed by atoms with Gasteiger partial charge in [-0.2, -0.15) is 0 Å². The van der Waals surface area contributed by atoms with Crippen LogP contribution < -0.4 is 4.72 Å². The Bertz CT molecular complexity index is 794. The number of pyridine rings is 1. The summed E-state index contributed by atoms with van der Waals surface area (Å²) < 4.78 is 27.5. The molecule has 4 nitrogen and oxygen atoms in total. The Morgan fingerprint density at radius 3 is 2.64 bits per heavy atom. The Morgan fingerprint density at radius 1 is 1.27 bits per heavy atom. The molecule has 2 rings (SSSR count). The summed E-state index contributed by atoms with van der Waals surface area (Å²) >= 11 is 8.95. The molecule has 0 aliphatic carbocycles. The first-order valence-electron chi connectivity index (χ1n) is 6.66. The van der Waals surface area contributed by atoms with Crippen LogP contribution in [0.15, 0.2) is 39.8 Å². The van der Waals surface area contributed by atoms with Gasteiger partial charge in [-0.25, -0.2) is 18.1 Å². The van der Waals surface area contributed by atoms with E-state index in [0.29, 0.717) is 17.4 Å². The molecule has 0 radical (unpaired) electrons. The lowest BCUT2D eigenvalue weighted by atomic mass is 10.0. The van der Waals surface area contributed by atoms with Crippen molar-refractivity contribution in [3.05, 3.63) is 56.8 Å². The van der Waals surface area contributed by atoms with Gasteiger partial charge in [0.1, 0.15) is 10.0 Å². The second-order valence-electron chi connectivity index (χ2n) is 5.02. The summed E-state index contributed by atoms with van der Waals surface area (Å²) in [6.45, 7) is 4.38. The first kappa shape index (κ1) is 17.4. The molecule has 1 aromatic carbocycles. The lowest BCUT2D eigenvalue weighted by Gasteiger charge is -2.09. The van der Waals surface area contributed by atoms with Crippen LogP contribution in [0.2, 0.25) is 5.15 Å². The van der Waals surface area contributed by atoms with Crippen LogP contribution in [-0.2, 0) is 16.4 Å². The fourth-order valence-electron chi connectivity index (χ4n) is 2.08. The highest BCUT2D eigenvalue weighted by atomic mass is 79.9. The van der Waals surface area contributed by atoms with Crippen LogP contribution in [0, 0.1) is 13.8 Å². The Hall–Kier alpha value is -0.950. The third kappa shape index (κ3) is 4.29. The van der Waals surface area contributed by atoms with Crippen molar-refractivity contribution in [3.63, 3.8) is 0 Å². The number of benzene rings is 1. The second kappa shape index (κ2) is 7.08. The van der Waals surface area contributed by atoms with E-state index in [1.807, 2.05) is 26.0 Å². The van der Waals surface area contributed by atoms with E-state index in [0.717, 1.165) is 11.1 Å². The first-order chi connectivity index (χ1) is 10.3. The molecule has 1 aromatic heterocycles. The first-order valence-corrected chi connectivity index (χ1v) is 9.32. The van der Waals surface area contributed by atoms with Gasteiger partial charge in [-0.1, -0.05) is 35.4 Å². The molecule has 0 saturated carbocycles. The molecule has 0 aliphatic rings. The van der Waals surface area contributed by atoms with Gasteiger partial charge < -0.3 is 0 Å². The van der Waals surface area contributed by atoms with Crippen molar-refractivity contribution >= 4 is 37.6 Å². The Morgan fingerprint density at radius 2 is 2.00 bits per heavy atom. The maximum atomic E-state index is 12.2. The molecule has 22 heavy (non-hydrogen) atoms. The molecule has 118 valence electrons. The van der Waals surface area contributed by atoms with E-state index >= 15 is 0 Å². The molecule has 1 heterocycles. The van der Waals surface area contributed by atoms with Crippen molar-refractivity contribution in [1.82, 2.24) is 9.71 Å². The molecular formula is C15H16BrClN2O2S. The zero-order chi connectivity index (χ0) is 16.3. The van der Waals surface area contributed by atoms with Crippen molar-refractivity contribution in [2.24, 2.45) is 0 Å². The molecule has 0 bridgehead atoms. The number of sulfonamides is 1. The number of hydrogen-bond acceptors (Lipinski definition) is 3. The maximum absolute atomic E-state index is 12.2. The summed E-state index contributed by atoms with van der Waals surface area (Å²) in [6, 6.07) is 7.58. The van der Waals surface area contributed by atoms with Crippen LogP contribution in [0.1, 0.15) is 16.7 Å². The van der Waals surface area contributed by atoms with Crippen LogP contribution in [0.5, 0.6) is 0 Å². The minimum atomic E-state index is -3.59. The lowest BCUT2D eigenvalue weighted by Crippen LogP contribution is -2.26. The number of aryl methyl sites for hydroxylation is 2. The van der Waals surface area contributed by atoms with E-state index < -0.39 is 10.0 Å². The van der Waals surface area contributed by atoms with Crippen LogP contribution in [0.25, 0.3) is 0 Å². The minimum absolute atomic E-state index is 0.0874. The Labute approximate surface area is 144 Å². The number of nitrogens with one attached hydrogen (secondary N) is 1. The summed E-state index contributed by atoms with van der Waals surface area (Å²) in [5, 5.41) is 0.231. The predicted molar refractivity (Wildman–Crippen MR) is 91.8 cm³/mol. The molecular weight excluding hydrogens is 388 g/mol. The minimum Gasteiger partial charge on any atom is -0.242 e. The van der Waals surface area contributed by atoms with Crippen LogP contribution >= 0.6 is 27.5 Å². The second-order valence-corrected chi connectivity index (χ2v) is 8.00. The van der Waals surface area contributed by atoms with Crippen molar-refractivity contribution in [3.8, 4) is 0 Å². The molecule has 7 heteroatoms. The van der Waals surface area contributed by atoms with Gasteiger partial charge in [0.15, 0.2) is 0 Å².